The molecule has 0 aromatic heterocycles. The minimum Gasteiger partial charge on any atom is -0.486 e. The van der Waals surface area contributed by atoms with Crippen molar-refractivity contribution >= 4 is 23.4 Å². The Kier molecular flexibility index (Phi) is 7.76. The molecule has 1 atom stereocenters. The molecule has 2 aromatic carbocycles. The Balaban J connectivity index is 1.44. The second kappa shape index (κ2) is 10.9. The van der Waals surface area contributed by atoms with Crippen LogP contribution in [0.1, 0.15) is 50.2 Å². The van der Waals surface area contributed by atoms with Crippen molar-refractivity contribution in [1.29, 1.82) is 0 Å². The molecule has 0 radical (unpaired) electrons. The largest absolute Gasteiger partial charge is 0.486 e. The zero-order valence-electron chi connectivity index (χ0n) is 19.0. The molecule has 0 bridgehead atoms. The number of carbonyl (C=O) groups excluding carboxylic acids is 2. The zero-order chi connectivity index (χ0) is 23.2. The normalized spacial score (nSPS) is 16.3. The van der Waals surface area contributed by atoms with Gasteiger partial charge in [0.15, 0.2) is 11.5 Å². The predicted octanol–water partition coefficient (Wildman–Crippen LogP) is 4.52. The first-order valence-electron chi connectivity index (χ1n) is 11.7. The molecule has 2 aliphatic rings. The number of fused-ring (bicyclic) bond motifs is 1. The molecule has 1 saturated carbocycles. The van der Waals surface area contributed by atoms with Gasteiger partial charge in [-0.15, -0.1) is 0 Å². The lowest BCUT2D eigenvalue weighted by Crippen LogP contribution is -2.49. The van der Waals surface area contributed by atoms with E-state index in [-0.39, 0.29) is 17.9 Å². The fraction of sp³-hybridized carbons (Fsp3) is 0.462. The minimum absolute atomic E-state index is 0.0612. The number of aryl methyl sites for hydroxylation is 1. The summed E-state index contributed by atoms with van der Waals surface area (Å²) >= 11 is 6.02. The number of halogens is 1. The Bertz CT molecular complexity index is 973. The third-order valence-corrected chi connectivity index (χ3v) is 6.62. The van der Waals surface area contributed by atoms with Gasteiger partial charge in [0.25, 0.3) is 0 Å². The Labute approximate surface area is 200 Å². The molecular formula is C26H31ClN2O4. The van der Waals surface area contributed by atoms with Gasteiger partial charge in [-0.05, 0) is 61.6 Å². The second-order valence-corrected chi connectivity index (χ2v) is 9.23. The predicted molar refractivity (Wildman–Crippen MR) is 128 cm³/mol. The second-order valence-electron chi connectivity index (χ2n) is 8.79. The molecule has 4 rings (SSSR count). The van der Waals surface area contributed by atoms with Crippen LogP contribution in [-0.4, -0.2) is 42.0 Å². The molecule has 33 heavy (non-hydrogen) atoms. The summed E-state index contributed by atoms with van der Waals surface area (Å²) < 4.78 is 11.2. The van der Waals surface area contributed by atoms with E-state index in [0.29, 0.717) is 43.4 Å². The van der Waals surface area contributed by atoms with Gasteiger partial charge in [0.1, 0.15) is 19.3 Å². The fourth-order valence-electron chi connectivity index (χ4n) is 4.40. The van der Waals surface area contributed by atoms with E-state index in [1.165, 1.54) is 0 Å². The Hall–Kier alpha value is -2.73. The molecule has 176 valence electrons. The molecule has 1 fully saturated rings. The highest BCUT2D eigenvalue weighted by Crippen LogP contribution is 2.31. The van der Waals surface area contributed by atoms with Gasteiger partial charge in [-0.2, -0.15) is 0 Å². The molecular weight excluding hydrogens is 440 g/mol. The van der Waals surface area contributed by atoms with Crippen molar-refractivity contribution in [2.75, 3.05) is 13.2 Å². The van der Waals surface area contributed by atoms with Crippen LogP contribution < -0.4 is 14.8 Å². The SMILES string of the molecule is CC(C(=O)NC1CCCC1)N(Cc1ccc(Cl)cc1)C(=O)CCc1ccc2c(c1)OCCO2. The minimum atomic E-state index is -0.561. The van der Waals surface area contributed by atoms with Crippen molar-refractivity contribution in [3.63, 3.8) is 0 Å². The standard InChI is InChI=1S/C26H31ClN2O4/c1-18(26(31)28-22-4-2-3-5-22)29(17-20-6-10-21(27)11-7-20)25(30)13-9-19-8-12-23-24(16-19)33-15-14-32-23/h6-8,10-12,16,18,22H,2-5,9,13-15,17H2,1H3,(H,28,31). The number of rotatable bonds is 8. The van der Waals surface area contributed by atoms with Gasteiger partial charge in [0.2, 0.25) is 11.8 Å². The van der Waals surface area contributed by atoms with Crippen molar-refractivity contribution in [2.45, 2.75) is 64.1 Å². The first kappa shape index (κ1) is 23.4. The van der Waals surface area contributed by atoms with Crippen molar-refractivity contribution in [1.82, 2.24) is 10.2 Å². The summed E-state index contributed by atoms with van der Waals surface area (Å²) in [6.45, 7) is 3.24. The number of amides is 2. The molecule has 2 aromatic rings. The Morgan fingerprint density at radius 3 is 2.42 bits per heavy atom. The number of nitrogens with zero attached hydrogens (tertiary/aromatic N) is 1. The molecule has 0 saturated heterocycles. The highest BCUT2D eigenvalue weighted by molar-refractivity contribution is 6.30. The lowest BCUT2D eigenvalue weighted by molar-refractivity contribution is -0.140. The third-order valence-electron chi connectivity index (χ3n) is 6.37. The van der Waals surface area contributed by atoms with E-state index in [4.69, 9.17) is 21.1 Å². The van der Waals surface area contributed by atoms with Crippen LogP contribution >= 0.6 is 11.6 Å². The highest BCUT2D eigenvalue weighted by Gasteiger charge is 2.28. The number of hydrogen-bond donors (Lipinski definition) is 1. The summed E-state index contributed by atoms with van der Waals surface area (Å²) in [4.78, 5) is 28.0. The molecule has 1 N–H and O–H groups in total. The summed E-state index contributed by atoms with van der Waals surface area (Å²) in [7, 11) is 0. The quantitative estimate of drug-likeness (QED) is 0.616. The van der Waals surface area contributed by atoms with E-state index in [2.05, 4.69) is 5.32 Å². The monoisotopic (exact) mass is 470 g/mol. The summed E-state index contributed by atoms with van der Waals surface area (Å²) in [5.41, 5.74) is 1.94. The number of ether oxygens (including phenoxy) is 2. The molecule has 0 spiro atoms. The van der Waals surface area contributed by atoms with Gasteiger partial charge in [-0.3, -0.25) is 9.59 Å². The van der Waals surface area contributed by atoms with Crippen LogP contribution in [0.5, 0.6) is 11.5 Å². The van der Waals surface area contributed by atoms with Gasteiger partial charge in [0, 0.05) is 24.0 Å². The lowest BCUT2D eigenvalue weighted by atomic mass is 10.1. The summed E-state index contributed by atoms with van der Waals surface area (Å²) in [6, 6.07) is 12.8. The van der Waals surface area contributed by atoms with Crippen LogP contribution in [0.2, 0.25) is 5.02 Å². The average Bonchev–Trinajstić information content (AvgIpc) is 3.34. The Morgan fingerprint density at radius 1 is 1.03 bits per heavy atom. The van der Waals surface area contributed by atoms with Gasteiger partial charge >= 0.3 is 0 Å². The smallest absolute Gasteiger partial charge is 0.242 e. The molecule has 1 aliphatic carbocycles. The number of nitrogens with one attached hydrogen (secondary N) is 1. The molecule has 1 heterocycles. The third kappa shape index (κ3) is 6.20. The van der Waals surface area contributed by atoms with Crippen LogP contribution in [0.25, 0.3) is 0 Å². The van der Waals surface area contributed by atoms with Crippen LogP contribution in [0.4, 0.5) is 0 Å². The van der Waals surface area contributed by atoms with Crippen molar-refractivity contribution in [3.8, 4) is 11.5 Å². The van der Waals surface area contributed by atoms with Crippen LogP contribution in [0, 0.1) is 0 Å². The van der Waals surface area contributed by atoms with E-state index < -0.39 is 6.04 Å². The molecule has 2 amide bonds. The van der Waals surface area contributed by atoms with Crippen molar-refractivity contribution in [2.24, 2.45) is 0 Å². The van der Waals surface area contributed by atoms with Gasteiger partial charge in [-0.1, -0.05) is 42.6 Å². The first-order valence-corrected chi connectivity index (χ1v) is 12.1. The summed E-state index contributed by atoms with van der Waals surface area (Å²) in [5, 5.41) is 3.77. The van der Waals surface area contributed by atoms with E-state index in [0.717, 1.165) is 42.6 Å². The summed E-state index contributed by atoms with van der Waals surface area (Å²) in [6.07, 6.45) is 5.16. The van der Waals surface area contributed by atoms with Crippen LogP contribution in [0.3, 0.4) is 0 Å². The number of hydrogen-bond acceptors (Lipinski definition) is 4. The lowest BCUT2D eigenvalue weighted by Gasteiger charge is -2.30. The molecule has 6 nitrogen and oxygen atoms in total. The van der Waals surface area contributed by atoms with E-state index in [1.54, 1.807) is 17.0 Å². The average molecular weight is 471 g/mol. The van der Waals surface area contributed by atoms with Gasteiger partial charge < -0.3 is 19.7 Å². The zero-order valence-corrected chi connectivity index (χ0v) is 19.8. The maximum atomic E-state index is 13.3. The van der Waals surface area contributed by atoms with E-state index in [9.17, 15) is 9.59 Å². The summed E-state index contributed by atoms with van der Waals surface area (Å²) in [5.74, 6) is 1.30. The topological polar surface area (TPSA) is 67.9 Å². The van der Waals surface area contributed by atoms with Gasteiger partial charge in [-0.25, -0.2) is 0 Å². The molecule has 1 aliphatic heterocycles. The van der Waals surface area contributed by atoms with Crippen molar-refractivity contribution in [3.05, 3.63) is 58.6 Å². The van der Waals surface area contributed by atoms with E-state index in [1.807, 2.05) is 37.3 Å². The van der Waals surface area contributed by atoms with Crippen LogP contribution in [-0.2, 0) is 22.6 Å². The van der Waals surface area contributed by atoms with Crippen molar-refractivity contribution < 1.29 is 19.1 Å². The molecule has 1 unspecified atom stereocenters. The number of carbonyl (C=O) groups is 2. The van der Waals surface area contributed by atoms with Crippen LogP contribution in [0.15, 0.2) is 42.5 Å². The maximum absolute atomic E-state index is 13.3. The van der Waals surface area contributed by atoms with Gasteiger partial charge in [0.05, 0.1) is 0 Å². The fourth-order valence-corrected chi connectivity index (χ4v) is 4.53. The maximum Gasteiger partial charge on any atom is 0.242 e. The van der Waals surface area contributed by atoms with E-state index >= 15 is 0 Å². The Morgan fingerprint density at radius 2 is 1.70 bits per heavy atom. The molecule has 7 heteroatoms. The highest BCUT2D eigenvalue weighted by atomic mass is 35.5. The number of benzene rings is 2. The first-order chi connectivity index (χ1) is 16.0.